The molecular formula is C18H16ClN3O2S. The number of anilines is 1. The van der Waals surface area contributed by atoms with Crippen LogP contribution in [0.15, 0.2) is 48.5 Å². The van der Waals surface area contributed by atoms with Crippen LogP contribution in [0.25, 0.3) is 10.1 Å². The summed E-state index contributed by atoms with van der Waals surface area (Å²) in [5.41, 5.74) is 6.44. The van der Waals surface area contributed by atoms with Gasteiger partial charge in [-0.1, -0.05) is 29.8 Å². The molecule has 2 aromatic carbocycles. The van der Waals surface area contributed by atoms with Crippen molar-refractivity contribution >= 4 is 50.6 Å². The number of carbonyl (C=O) groups is 2. The summed E-state index contributed by atoms with van der Waals surface area (Å²) in [6, 6.07) is 14.2. The molecule has 3 rings (SSSR count). The highest BCUT2D eigenvalue weighted by molar-refractivity contribution is 7.19. The highest BCUT2D eigenvalue weighted by atomic mass is 35.5. The number of rotatable bonds is 3. The second-order valence-electron chi connectivity index (χ2n) is 5.46. The van der Waals surface area contributed by atoms with Gasteiger partial charge in [0.25, 0.3) is 0 Å². The van der Waals surface area contributed by atoms with Gasteiger partial charge in [0.05, 0.1) is 6.42 Å². The number of nitrogens with one attached hydrogen (secondary N) is 3. The molecule has 1 heterocycles. The standard InChI is InChI=1S/C18H16ClN3O2S/c1-11-14-9-12(19)7-8-15(14)25-16(11)10-17(23)21-22-18(24)20-13-5-3-2-4-6-13/h2-9H,10H2,1H3,(H,21,23)(H2,20,22,24). The Balaban J connectivity index is 1.57. The summed E-state index contributed by atoms with van der Waals surface area (Å²) in [7, 11) is 0. The number of halogens is 1. The van der Waals surface area contributed by atoms with Gasteiger partial charge in [-0.25, -0.2) is 10.2 Å². The number of urea groups is 1. The van der Waals surface area contributed by atoms with Gasteiger partial charge in [-0.15, -0.1) is 11.3 Å². The lowest BCUT2D eigenvalue weighted by Gasteiger charge is -2.08. The molecule has 0 aliphatic heterocycles. The molecule has 128 valence electrons. The average molecular weight is 374 g/mol. The lowest BCUT2D eigenvalue weighted by molar-refractivity contribution is -0.121. The zero-order valence-corrected chi connectivity index (χ0v) is 15.0. The molecule has 5 nitrogen and oxygen atoms in total. The zero-order chi connectivity index (χ0) is 17.8. The molecule has 0 aliphatic rings. The number of para-hydroxylation sites is 1. The molecule has 0 bridgehead atoms. The largest absolute Gasteiger partial charge is 0.337 e. The molecule has 3 N–H and O–H groups in total. The van der Waals surface area contributed by atoms with E-state index in [-0.39, 0.29) is 12.3 Å². The third-order valence-electron chi connectivity index (χ3n) is 3.67. The van der Waals surface area contributed by atoms with E-state index in [1.807, 2.05) is 43.3 Å². The van der Waals surface area contributed by atoms with Crippen LogP contribution < -0.4 is 16.2 Å². The fourth-order valence-corrected chi connectivity index (χ4v) is 3.77. The molecule has 3 aromatic rings. The van der Waals surface area contributed by atoms with Crippen LogP contribution in [0.2, 0.25) is 5.02 Å². The van der Waals surface area contributed by atoms with E-state index >= 15 is 0 Å². The summed E-state index contributed by atoms with van der Waals surface area (Å²) < 4.78 is 1.08. The molecule has 0 spiro atoms. The fourth-order valence-electron chi connectivity index (χ4n) is 2.41. The maximum Gasteiger partial charge on any atom is 0.337 e. The van der Waals surface area contributed by atoms with Crippen molar-refractivity contribution in [2.75, 3.05) is 5.32 Å². The minimum Gasteiger partial charge on any atom is -0.307 e. The summed E-state index contributed by atoms with van der Waals surface area (Å²) in [6.07, 6.45) is 0.189. The van der Waals surface area contributed by atoms with E-state index < -0.39 is 6.03 Å². The Kier molecular flexibility index (Phi) is 5.21. The number of hydrogen-bond acceptors (Lipinski definition) is 3. The quantitative estimate of drug-likeness (QED) is 0.600. The summed E-state index contributed by atoms with van der Waals surface area (Å²) in [4.78, 5) is 24.8. The van der Waals surface area contributed by atoms with Crippen LogP contribution in [0.3, 0.4) is 0 Å². The predicted octanol–water partition coefficient (Wildman–Crippen LogP) is 4.26. The number of benzene rings is 2. The van der Waals surface area contributed by atoms with Crippen LogP contribution >= 0.6 is 22.9 Å². The van der Waals surface area contributed by atoms with Gasteiger partial charge in [-0.2, -0.15) is 0 Å². The molecular weight excluding hydrogens is 358 g/mol. The predicted molar refractivity (Wildman–Crippen MR) is 102 cm³/mol. The second-order valence-corrected chi connectivity index (χ2v) is 7.03. The third-order valence-corrected chi connectivity index (χ3v) is 5.17. The smallest absolute Gasteiger partial charge is 0.307 e. The Morgan fingerprint density at radius 1 is 1.08 bits per heavy atom. The minimum atomic E-state index is -0.501. The number of aryl methyl sites for hydroxylation is 1. The van der Waals surface area contributed by atoms with Gasteiger partial charge in [-0.3, -0.25) is 10.2 Å². The van der Waals surface area contributed by atoms with Gasteiger partial charge in [0.1, 0.15) is 0 Å². The maximum absolute atomic E-state index is 12.1. The molecule has 0 aliphatic carbocycles. The summed E-state index contributed by atoms with van der Waals surface area (Å²) in [6.45, 7) is 1.97. The van der Waals surface area contributed by atoms with Crippen molar-refractivity contribution in [3.63, 3.8) is 0 Å². The minimum absolute atomic E-state index is 0.189. The topological polar surface area (TPSA) is 70.2 Å². The summed E-state index contributed by atoms with van der Waals surface area (Å²) in [5, 5.41) is 4.34. The zero-order valence-electron chi connectivity index (χ0n) is 13.4. The Bertz CT molecular complexity index is 925. The molecule has 0 atom stereocenters. The molecule has 7 heteroatoms. The Morgan fingerprint density at radius 2 is 1.84 bits per heavy atom. The first-order chi connectivity index (χ1) is 12.0. The normalized spacial score (nSPS) is 10.5. The van der Waals surface area contributed by atoms with E-state index in [9.17, 15) is 9.59 Å². The van der Waals surface area contributed by atoms with Crippen molar-refractivity contribution in [3.05, 3.63) is 64.0 Å². The fraction of sp³-hybridized carbons (Fsp3) is 0.111. The number of amides is 3. The highest BCUT2D eigenvalue weighted by Gasteiger charge is 2.13. The van der Waals surface area contributed by atoms with E-state index in [4.69, 9.17) is 11.6 Å². The van der Waals surface area contributed by atoms with Crippen molar-refractivity contribution in [1.29, 1.82) is 0 Å². The van der Waals surface area contributed by atoms with Crippen LogP contribution in [0, 0.1) is 6.92 Å². The second kappa shape index (κ2) is 7.55. The first kappa shape index (κ1) is 17.3. The van der Waals surface area contributed by atoms with Crippen LogP contribution in [0.1, 0.15) is 10.4 Å². The molecule has 0 radical (unpaired) electrons. The van der Waals surface area contributed by atoms with Crippen molar-refractivity contribution < 1.29 is 9.59 Å². The van der Waals surface area contributed by atoms with Gasteiger partial charge >= 0.3 is 6.03 Å². The number of hydrogen-bond donors (Lipinski definition) is 3. The average Bonchev–Trinajstić information content (AvgIpc) is 2.90. The van der Waals surface area contributed by atoms with Crippen LogP contribution in [-0.4, -0.2) is 11.9 Å². The molecule has 3 amide bonds. The summed E-state index contributed by atoms with van der Waals surface area (Å²) >= 11 is 7.58. The first-order valence-electron chi connectivity index (χ1n) is 7.61. The Labute approximate surface area is 154 Å². The molecule has 0 fully saturated rings. The van der Waals surface area contributed by atoms with Crippen LogP contribution in [0.5, 0.6) is 0 Å². The van der Waals surface area contributed by atoms with Gasteiger partial charge in [-0.05, 0) is 48.2 Å². The van der Waals surface area contributed by atoms with E-state index in [0.717, 1.165) is 20.5 Å². The maximum atomic E-state index is 12.1. The number of fused-ring (bicyclic) bond motifs is 1. The third kappa shape index (κ3) is 4.29. The first-order valence-corrected chi connectivity index (χ1v) is 8.81. The monoisotopic (exact) mass is 373 g/mol. The van der Waals surface area contributed by atoms with Crippen molar-refractivity contribution in [3.8, 4) is 0 Å². The van der Waals surface area contributed by atoms with E-state index in [1.54, 1.807) is 23.5 Å². The number of hydrazine groups is 1. The van der Waals surface area contributed by atoms with E-state index in [0.29, 0.717) is 10.7 Å². The van der Waals surface area contributed by atoms with Gasteiger partial charge in [0.2, 0.25) is 5.91 Å². The Hall–Kier alpha value is -2.57. The Morgan fingerprint density at radius 3 is 2.60 bits per heavy atom. The van der Waals surface area contributed by atoms with Gasteiger partial charge in [0.15, 0.2) is 0 Å². The molecule has 0 saturated heterocycles. The van der Waals surface area contributed by atoms with Crippen molar-refractivity contribution in [2.24, 2.45) is 0 Å². The van der Waals surface area contributed by atoms with E-state index in [1.165, 1.54) is 0 Å². The lowest BCUT2D eigenvalue weighted by atomic mass is 10.1. The van der Waals surface area contributed by atoms with E-state index in [2.05, 4.69) is 16.2 Å². The van der Waals surface area contributed by atoms with Gasteiger partial charge < -0.3 is 5.32 Å². The molecule has 25 heavy (non-hydrogen) atoms. The van der Waals surface area contributed by atoms with Crippen LogP contribution in [0.4, 0.5) is 10.5 Å². The summed E-state index contributed by atoms with van der Waals surface area (Å²) in [5.74, 6) is -0.288. The molecule has 0 unspecified atom stereocenters. The number of thiophene rings is 1. The van der Waals surface area contributed by atoms with Gasteiger partial charge in [0, 0.05) is 20.3 Å². The van der Waals surface area contributed by atoms with Crippen molar-refractivity contribution in [1.82, 2.24) is 10.9 Å². The highest BCUT2D eigenvalue weighted by Crippen LogP contribution is 2.32. The lowest BCUT2D eigenvalue weighted by Crippen LogP contribution is -2.44. The molecule has 1 aromatic heterocycles. The number of carbonyl (C=O) groups excluding carboxylic acids is 2. The van der Waals surface area contributed by atoms with Crippen molar-refractivity contribution in [2.45, 2.75) is 13.3 Å². The molecule has 0 saturated carbocycles. The SMILES string of the molecule is Cc1c(CC(=O)NNC(=O)Nc2ccccc2)sc2ccc(Cl)cc12. The van der Waals surface area contributed by atoms with Crippen LogP contribution in [-0.2, 0) is 11.2 Å².